The van der Waals surface area contributed by atoms with Crippen molar-refractivity contribution < 1.29 is 21.6 Å². The monoisotopic (exact) mass is 533 g/mol. The number of benzene rings is 1. The van der Waals surface area contributed by atoms with E-state index >= 15 is 0 Å². The molecule has 0 aliphatic carbocycles. The smallest absolute Gasteiger partial charge is 0.256 e. The van der Waals surface area contributed by atoms with E-state index in [1.54, 1.807) is 23.1 Å². The van der Waals surface area contributed by atoms with Gasteiger partial charge in [-0.3, -0.25) is 13.4 Å². The minimum atomic E-state index is -3.57. The first-order chi connectivity index (χ1) is 17.1. The molecule has 1 aromatic carbocycles. The number of piperazine rings is 1. The summed E-state index contributed by atoms with van der Waals surface area (Å²) in [7, 11) is -7.01. The first kappa shape index (κ1) is 24.8. The summed E-state index contributed by atoms with van der Waals surface area (Å²) in [5.41, 5.74) is 3.12. The lowest BCUT2D eigenvalue weighted by atomic mass is 10.1. The Bertz CT molecular complexity index is 1400. The lowest BCUT2D eigenvalue weighted by Gasteiger charge is -2.36. The number of amides is 1. The van der Waals surface area contributed by atoms with Gasteiger partial charge in [0.15, 0.2) is 0 Å². The Morgan fingerprint density at radius 2 is 1.47 bits per heavy atom. The summed E-state index contributed by atoms with van der Waals surface area (Å²) in [6, 6.07) is 6.82. The number of nitrogens with zero attached hydrogens (tertiary/aromatic N) is 5. The van der Waals surface area contributed by atoms with Crippen molar-refractivity contribution in [3.8, 4) is 0 Å². The third-order valence-corrected chi connectivity index (χ3v) is 10.7. The van der Waals surface area contributed by atoms with E-state index in [1.165, 1.54) is 8.61 Å². The average molecular weight is 534 g/mol. The van der Waals surface area contributed by atoms with E-state index in [4.69, 9.17) is 0 Å². The van der Waals surface area contributed by atoms with Crippen LogP contribution in [0.3, 0.4) is 0 Å². The zero-order chi connectivity index (χ0) is 25.7. The highest BCUT2D eigenvalue weighted by Crippen LogP contribution is 2.35. The number of pyridine rings is 1. The highest BCUT2D eigenvalue weighted by molar-refractivity contribution is 7.93. The van der Waals surface area contributed by atoms with E-state index in [0.29, 0.717) is 51.3 Å². The highest BCUT2D eigenvalue weighted by Gasteiger charge is 2.35. The molecule has 36 heavy (non-hydrogen) atoms. The van der Waals surface area contributed by atoms with Crippen LogP contribution in [0, 0.1) is 13.8 Å². The number of rotatable bonds is 4. The van der Waals surface area contributed by atoms with Crippen LogP contribution in [0.25, 0.3) is 0 Å². The Hall–Kier alpha value is -2.86. The van der Waals surface area contributed by atoms with E-state index in [2.05, 4.69) is 16.0 Å². The molecule has 2 aromatic rings. The molecule has 5 rings (SSSR count). The topological polar surface area (TPSA) is 111 Å². The van der Waals surface area contributed by atoms with Crippen LogP contribution >= 0.6 is 0 Å². The lowest BCUT2D eigenvalue weighted by molar-refractivity contribution is 0.0747. The molecule has 1 aromatic heterocycles. The Morgan fingerprint density at radius 1 is 0.833 bits per heavy atom. The number of anilines is 3. The van der Waals surface area contributed by atoms with Gasteiger partial charge >= 0.3 is 0 Å². The molecule has 1 amide bonds. The predicted molar refractivity (Wildman–Crippen MR) is 140 cm³/mol. The fourth-order valence-corrected chi connectivity index (χ4v) is 8.36. The molecule has 3 saturated heterocycles. The molecule has 3 fully saturated rings. The van der Waals surface area contributed by atoms with Crippen LogP contribution in [0.15, 0.2) is 30.5 Å². The minimum Gasteiger partial charge on any atom is -0.353 e. The van der Waals surface area contributed by atoms with Crippen LogP contribution in [-0.4, -0.2) is 83.4 Å². The number of aryl methyl sites for hydroxylation is 2. The second kappa shape index (κ2) is 9.22. The number of carbonyl (C=O) groups is 1. The maximum atomic E-state index is 13.6. The third-order valence-electron chi connectivity index (χ3n) is 7.02. The summed E-state index contributed by atoms with van der Waals surface area (Å²) >= 11 is 0. The Labute approximate surface area is 212 Å². The van der Waals surface area contributed by atoms with E-state index in [-0.39, 0.29) is 35.2 Å². The molecule has 0 radical (unpaired) electrons. The van der Waals surface area contributed by atoms with Gasteiger partial charge in [0.25, 0.3) is 5.91 Å². The van der Waals surface area contributed by atoms with Crippen LogP contribution in [-0.2, 0) is 20.0 Å². The average Bonchev–Trinajstić information content (AvgIpc) is 3.38. The largest absolute Gasteiger partial charge is 0.353 e. The zero-order valence-corrected chi connectivity index (χ0v) is 22.2. The molecular weight excluding hydrogens is 502 g/mol. The van der Waals surface area contributed by atoms with Gasteiger partial charge in [-0.25, -0.2) is 21.8 Å². The number of carbonyl (C=O) groups excluding carboxylic acids is 1. The first-order valence-electron chi connectivity index (χ1n) is 12.2. The van der Waals surface area contributed by atoms with Crippen LogP contribution in [0.5, 0.6) is 0 Å². The molecular formula is C24H31N5O5S2. The summed E-state index contributed by atoms with van der Waals surface area (Å²) in [5, 5.41) is 0. The number of hydrogen-bond acceptors (Lipinski definition) is 7. The van der Waals surface area contributed by atoms with Gasteiger partial charge in [0.2, 0.25) is 20.0 Å². The van der Waals surface area contributed by atoms with Crippen molar-refractivity contribution in [3.63, 3.8) is 0 Å². The van der Waals surface area contributed by atoms with Crippen molar-refractivity contribution in [1.29, 1.82) is 0 Å². The molecule has 0 bridgehead atoms. The Morgan fingerprint density at radius 3 is 2.06 bits per heavy atom. The van der Waals surface area contributed by atoms with Gasteiger partial charge in [-0.05, 0) is 56.0 Å². The van der Waals surface area contributed by atoms with Gasteiger partial charge in [0.1, 0.15) is 5.82 Å². The standard InChI is InChI=1S/C24H31N5O5S2/c1-18-15-19(2)23(25-17-18)26-9-11-27(12-10-26)24(30)21-6-5-20(28-7-3-13-35(28,31)32)16-22(21)29-8-4-14-36(29,33)34/h5-6,15-17H,3-4,7-14H2,1-2H3. The van der Waals surface area contributed by atoms with Crippen molar-refractivity contribution in [2.24, 2.45) is 0 Å². The van der Waals surface area contributed by atoms with E-state index in [1.807, 2.05) is 20.0 Å². The molecule has 3 aliphatic rings. The van der Waals surface area contributed by atoms with Crippen LogP contribution < -0.4 is 13.5 Å². The Kier molecular flexibility index (Phi) is 6.36. The molecule has 0 unspecified atom stereocenters. The molecule has 10 nitrogen and oxygen atoms in total. The van der Waals surface area contributed by atoms with Crippen molar-refractivity contribution in [2.45, 2.75) is 26.7 Å². The second-order valence-electron chi connectivity index (χ2n) is 9.62. The molecule has 0 atom stereocenters. The highest BCUT2D eigenvalue weighted by atomic mass is 32.2. The summed E-state index contributed by atoms with van der Waals surface area (Å²) in [6.07, 6.45) is 2.81. The third kappa shape index (κ3) is 4.52. The molecule has 3 aliphatic heterocycles. The normalized spacial score (nSPS) is 21.3. The molecule has 12 heteroatoms. The van der Waals surface area contributed by atoms with Gasteiger partial charge < -0.3 is 9.80 Å². The van der Waals surface area contributed by atoms with E-state index in [9.17, 15) is 21.6 Å². The number of hydrogen-bond donors (Lipinski definition) is 0. The minimum absolute atomic E-state index is 0.00838. The lowest BCUT2D eigenvalue weighted by Crippen LogP contribution is -2.49. The number of aromatic nitrogens is 1. The maximum Gasteiger partial charge on any atom is 0.256 e. The maximum absolute atomic E-state index is 13.6. The Balaban J connectivity index is 1.42. The second-order valence-corrected chi connectivity index (χ2v) is 13.6. The van der Waals surface area contributed by atoms with Crippen LogP contribution in [0.1, 0.15) is 34.3 Å². The summed E-state index contributed by atoms with van der Waals surface area (Å²) in [6.45, 7) is 6.82. The SMILES string of the molecule is Cc1cnc(N2CCN(C(=O)c3ccc(N4CCCS4(=O)=O)cc3N3CCCS3(=O)=O)CC2)c(C)c1. The summed E-state index contributed by atoms with van der Waals surface area (Å²) in [4.78, 5) is 22.1. The molecule has 4 heterocycles. The molecule has 0 N–H and O–H groups in total. The van der Waals surface area contributed by atoms with Crippen LogP contribution in [0.4, 0.5) is 17.2 Å². The van der Waals surface area contributed by atoms with Crippen LogP contribution in [0.2, 0.25) is 0 Å². The van der Waals surface area contributed by atoms with Gasteiger partial charge in [-0.15, -0.1) is 0 Å². The fraction of sp³-hybridized carbons (Fsp3) is 0.500. The molecule has 194 valence electrons. The first-order valence-corrected chi connectivity index (χ1v) is 15.4. The van der Waals surface area contributed by atoms with E-state index < -0.39 is 20.0 Å². The summed E-state index contributed by atoms with van der Waals surface area (Å²) in [5.74, 6) is 0.725. The van der Waals surface area contributed by atoms with Crippen molar-refractivity contribution in [2.75, 3.05) is 64.3 Å². The zero-order valence-electron chi connectivity index (χ0n) is 20.6. The summed E-state index contributed by atoms with van der Waals surface area (Å²) < 4.78 is 53.1. The van der Waals surface area contributed by atoms with Gasteiger partial charge in [0.05, 0.1) is 28.4 Å². The van der Waals surface area contributed by atoms with Gasteiger partial charge in [-0.1, -0.05) is 6.07 Å². The molecule has 0 saturated carbocycles. The van der Waals surface area contributed by atoms with Crippen molar-refractivity contribution in [3.05, 3.63) is 47.2 Å². The van der Waals surface area contributed by atoms with Crippen molar-refractivity contribution >= 4 is 43.1 Å². The van der Waals surface area contributed by atoms with Crippen molar-refractivity contribution in [1.82, 2.24) is 9.88 Å². The van der Waals surface area contributed by atoms with Gasteiger partial charge in [0, 0.05) is 45.5 Å². The quantitative estimate of drug-likeness (QED) is 0.589. The predicted octanol–water partition coefficient (Wildman–Crippen LogP) is 1.74. The molecule has 0 spiro atoms. The number of sulfonamides is 2. The van der Waals surface area contributed by atoms with E-state index in [0.717, 1.165) is 16.9 Å². The fourth-order valence-electron chi connectivity index (χ4n) is 5.23. The van der Waals surface area contributed by atoms with Gasteiger partial charge in [-0.2, -0.15) is 0 Å².